The van der Waals surface area contributed by atoms with Crippen molar-refractivity contribution in [1.82, 2.24) is 9.97 Å². The van der Waals surface area contributed by atoms with Gasteiger partial charge in [0.1, 0.15) is 6.33 Å². The largest absolute Gasteiger partial charge is 0.361 e. The van der Waals surface area contributed by atoms with E-state index < -0.39 is 0 Å². The van der Waals surface area contributed by atoms with E-state index in [1.54, 1.807) is 0 Å². The van der Waals surface area contributed by atoms with E-state index in [0.717, 1.165) is 36.8 Å². The molecule has 0 radical (unpaired) electrons. The normalized spacial score (nSPS) is 13.9. The van der Waals surface area contributed by atoms with Crippen molar-refractivity contribution in [3.8, 4) is 0 Å². The second-order valence-corrected chi connectivity index (χ2v) is 7.60. The maximum absolute atomic E-state index is 12.1. The third-order valence-electron chi connectivity index (χ3n) is 5.41. The van der Waals surface area contributed by atoms with Crippen molar-refractivity contribution in [2.75, 3.05) is 10.2 Å². The number of hydrogen-bond donors (Lipinski definition) is 1. The quantitative estimate of drug-likeness (QED) is 0.423. The molecule has 0 atom stereocenters. The number of nitrogens with one attached hydrogen (secondary N) is 1. The third kappa shape index (κ3) is 4.74. The lowest BCUT2D eigenvalue weighted by Gasteiger charge is -2.24. The van der Waals surface area contributed by atoms with Crippen LogP contribution in [0.5, 0.6) is 0 Å². The number of nitrogens with zero attached hydrogens (tertiary/aromatic N) is 4. The van der Waals surface area contributed by atoms with Crippen molar-refractivity contribution >= 4 is 17.3 Å². The molecule has 1 aliphatic carbocycles. The first-order valence-electron chi connectivity index (χ1n) is 10.3. The van der Waals surface area contributed by atoms with E-state index in [9.17, 15) is 10.1 Å². The fourth-order valence-corrected chi connectivity index (χ4v) is 3.95. The van der Waals surface area contributed by atoms with Crippen LogP contribution in [0.3, 0.4) is 0 Å². The minimum absolute atomic E-state index is 0.0590. The number of anilines is 2. The summed E-state index contributed by atoms with van der Waals surface area (Å²) in [6, 6.07) is 20.1. The smallest absolute Gasteiger partial charge is 0.353 e. The second-order valence-electron chi connectivity index (χ2n) is 7.60. The molecule has 0 aliphatic heterocycles. The molecule has 1 aromatic heterocycles. The van der Waals surface area contributed by atoms with Crippen LogP contribution >= 0.6 is 0 Å². The number of benzene rings is 2. The molecule has 30 heavy (non-hydrogen) atoms. The Morgan fingerprint density at radius 1 is 0.933 bits per heavy atom. The Morgan fingerprint density at radius 2 is 1.50 bits per heavy atom. The highest BCUT2D eigenvalue weighted by atomic mass is 16.6. The van der Waals surface area contributed by atoms with E-state index >= 15 is 0 Å². The highest BCUT2D eigenvalue weighted by molar-refractivity contribution is 5.70. The molecule has 1 N–H and O–H groups in total. The molecule has 154 valence electrons. The van der Waals surface area contributed by atoms with Gasteiger partial charge in [0.15, 0.2) is 0 Å². The van der Waals surface area contributed by atoms with Gasteiger partial charge in [-0.3, -0.25) is 10.1 Å². The van der Waals surface area contributed by atoms with Crippen LogP contribution in [-0.4, -0.2) is 20.9 Å². The van der Waals surface area contributed by atoms with Gasteiger partial charge in [0.2, 0.25) is 11.6 Å². The Kier molecular flexibility index (Phi) is 6.17. The lowest BCUT2D eigenvalue weighted by Crippen LogP contribution is -2.25. The first-order valence-corrected chi connectivity index (χ1v) is 10.3. The van der Waals surface area contributed by atoms with Gasteiger partial charge in [-0.2, -0.15) is 0 Å². The van der Waals surface area contributed by atoms with Crippen LogP contribution in [0.1, 0.15) is 36.8 Å². The van der Waals surface area contributed by atoms with E-state index in [0.29, 0.717) is 24.7 Å². The Bertz CT molecular complexity index is 934. The first kappa shape index (κ1) is 19.8. The maximum atomic E-state index is 12.1. The van der Waals surface area contributed by atoms with Gasteiger partial charge in [-0.1, -0.05) is 73.5 Å². The molecule has 0 bridgehead atoms. The maximum Gasteiger partial charge on any atom is 0.353 e. The summed E-state index contributed by atoms with van der Waals surface area (Å²) in [5.41, 5.74) is 2.06. The topological polar surface area (TPSA) is 84.2 Å². The zero-order valence-corrected chi connectivity index (χ0v) is 16.8. The van der Waals surface area contributed by atoms with E-state index in [4.69, 9.17) is 0 Å². The van der Waals surface area contributed by atoms with Crippen molar-refractivity contribution in [3.05, 3.63) is 88.2 Å². The Morgan fingerprint density at radius 3 is 2.03 bits per heavy atom. The highest BCUT2D eigenvalue weighted by Gasteiger charge is 2.29. The van der Waals surface area contributed by atoms with Crippen LogP contribution in [0.25, 0.3) is 0 Å². The fourth-order valence-electron chi connectivity index (χ4n) is 3.95. The highest BCUT2D eigenvalue weighted by Crippen LogP contribution is 2.35. The Labute approximate surface area is 175 Å². The van der Waals surface area contributed by atoms with E-state index in [-0.39, 0.29) is 16.7 Å². The number of aromatic nitrogens is 2. The molecule has 7 heteroatoms. The van der Waals surface area contributed by atoms with Crippen molar-refractivity contribution in [1.29, 1.82) is 0 Å². The summed E-state index contributed by atoms with van der Waals surface area (Å²) >= 11 is 0. The average molecular weight is 403 g/mol. The monoisotopic (exact) mass is 403 g/mol. The standard InChI is InChI=1S/C23H25N5O2/c29-28(30)21-22(26-20-13-7-8-14-20)24-17-25-23(21)27(15-18-9-3-1-4-10-18)16-19-11-5-2-6-12-19/h1-6,9-12,17,20H,7-8,13-16H2,(H,24,25,26). The van der Waals surface area contributed by atoms with Gasteiger partial charge in [0.05, 0.1) is 4.92 Å². The van der Waals surface area contributed by atoms with Crippen LogP contribution < -0.4 is 10.2 Å². The fraction of sp³-hybridized carbons (Fsp3) is 0.304. The SMILES string of the molecule is O=[N+]([O-])c1c(NC2CCCC2)ncnc1N(Cc1ccccc1)Cc1ccccc1. The zero-order valence-electron chi connectivity index (χ0n) is 16.8. The molecular weight excluding hydrogens is 378 g/mol. The summed E-state index contributed by atoms with van der Waals surface area (Å²) in [4.78, 5) is 22.3. The molecule has 1 fully saturated rings. The summed E-state index contributed by atoms with van der Waals surface area (Å²) in [5, 5.41) is 15.4. The zero-order chi connectivity index (χ0) is 20.8. The molecular formula is C23H25N5O2. The predicted molar refractivity (Wildman–Crippen MR) is 117 cm³/mol. The Hall–Kier alpha value is -3.48. The summed E-state index contributed by atoms with van der Waals surface area (Å²) in [6.45, 7) is 1.02. The molecule has 4 rings (SSSR count). The summed E-state index contributed by atoms with van der Waals surface area (Å²) in [6.07, 6.45) is 5.71. The van der Waals surface area contributed by atoms with Gasteiger partial charge in [-0.05, 0) is 24.0 Å². The molecule has 0 amide bonds. The number of hydrogen-bond acceptors (Lipinski definition) is 6. The van der Waals surface area contributed by atoms with Crippen LogP contribution in [0.2, 0.25) is 0 Å². The van der Waals surface area contributed by atoms with Crippen LogP contribution in [-0.2, 0) is 13.1 Å². The minimum Gasteiger partial charge on any atom is -0.361 e. The van der Waals surface area contributed by atoms with E-state index in [1.165, 1.54) is 6.33 Å². The Balaban J connectivity index is 1.71. The molecule has 1 heterocycles. The molecule has 1 saturated carbocycles. The van der Waals surface area contributed by atoms with Gasteiger partial charge >= 0.3 is 5.69 Å². The molecule has 2 aromatic carbocycles. The van der Waals surface area contributed by atoms with Gasteiger partial charge < -0.3 is 10.2 Å². The third-order valence-corrected chi connectivity index (χ3v) is 5.41. The van der Waals surface area contributed by atoms with Gasteiger partial charge in [-0.25, -0.2) is 9.97 Å². The van der Waals surface area contributed by atoms with E-state index in [2.05, 4.69) is 15.3 Å². The second kappa shape index (κ2) is 9.35. The predicted octanol–water partition coefficient (Wildman–Crippen LogP) is 4.95. The van der Waals surface area contributed by atoms with E-state index in [1.807, 2.05) is 65.6 Å². The molecule has 0 saturated heterocycles. The average Bonchev–Trinajstić information content (AvgIpc) is 3.27. The van der Waals surface area contributed by atoms with Gasteiger partial charge in [-0.15, -0.1) is 0 Å². The summed E-state index contributed by atoms with van der Waals surface area (Å²) < 4.78 is 0. The molecule has 0 unspecified atom stereocenters. The van der Waals surface area contributed by atoms with Crippen LogP contribution in [0, 0.1) is 10.1 Å². The molecule has 0 spiro atoms. The minimum atomic E-state index is -0.365. The van der Waals surface area contributed by atoms with Crippen molar-refractivity contribution in [2.45, 2.75) is 44.8 Å². The first-order chi connectivity index (χ1) is 14.7. The summed E-state index contributed by atoms with van der Waals surface area (Å²) in [7, 11) is 0. The lowest BCUT2D eigenvalue weighted by molar-refractivity contribution is -0.383. The lowest BCUT2D eigenvalue weighted by atomic mass is 10.1. The number of nitro groups is 1. The molecule has 1 aliphatic rings. The van der Waals surface area contributed by atoms with Crippen LogP contribution in [0.15, 0.2) is 67.0 Å². The molecule has 7 nitrogen and oxygen atoms in total. The van der Waals surface area contributed by atoms with Crippen molar-refractivity contribution in [3.63, 3.8) is 0 Å². The van der Waals surface area contributed by atoms with Crippen molar-refractivity contribution in [2.24, 2.45) is 0 Å². The van der Waals surface area contributed by atoms with Gasteiger partial charge in [0, 0.05) is 19.1 Å². The number of rotatable bonds is 8. The molecule has 3 aromatic rings. The van der Waals surface area contributed by atoms with Crippen LogP contribution in [0.4, 0.5) is 17.3 Å². The van der Waals surface area contributed by atoms with Crippen molar-refractivity contribution < 1.29 is 4.92 Å². The van der Waals surface area contributed by atoms with Gasteiger partial charge in [0.25, 0.3) is 0 Å². The summed E-state index contributed by atoms with van der Waals surface area (Å²) in [5.74, 6) is 0.645.